The molecule has 0 atom stereocenters. The highest BCUT2D eigenvalue weighted by atomic mass is 32.2. The van der Waals surface area contributed by atoms with Crippen molar-refractivity contribution in [1.29, 1.82) is 0 Å². The maximum Gasteiger partial charge on any atom is 0.241 e. The number of hydrogen-bond acceptors (Lipinski definition) is 3. The summed E-state index contributed by atoms with van der Waals surface area (Å²) < 4.78 is 42.2. The minimum Gasteiger partial charge on any atom is -0.334 e. The Kier molecular flexibility index (Phi) is 4.97. The van der Waals surface area contributed by atoms with E-state index in [4.69, 9.17) is 0 Å². The molecule has 0 aliphatic carbocycles. The molecule has 0 saturated carbocycles. The lowest BCUT2D eigenvalue weighted by atomic mass is 10.2. The first-order valence-electron chi connectivity index (χ1n) is 7.05. The van der Waals surface area contributed by atoms with Gasteiger partial charge in [0, 0.05) is 18.9 Å². The molecule has 1 N–H and O–H groups in total. The lowest BCUT2D eigenvalue weighted by Gasteiger charge is -2.11. The van der Waals surface area contributed by atoms with Crippen molar-refractivity contribution >= 4 is 10.0 Å². The van der Waals surface area contributed by atoms with Gasteiger partial charge in [-0.15, -0.1) is 0 Å². The van der Waals surface area contributed by atoms with Gasteiger partial charge in [0.1, 0.15) is 11.6 Å². The zero-order chi connectivity index (χ0) is 16.3. The van der Waals surface area contributed by atoms with Gasteiger partial charge in [0.2, 0.25) is 10.0 Å². The average molecular weight is 325 g/mol. The zero-order valence-corrected chi connectivity index (χ0v) is 13.7. The van der Waals surface area contributed by atoms with Crippen molar-refractivity contribution < 1.29 is 12.8 Å². The highest BCUT2D eigenvalue weighted by molar-refractivity contribution is 7.89. The van der Waals surface area contributed by atoms with Crippen molar-refractivity contribution in [3.8, 4) is 0 Å². The van der Waals surface area contributed by atoms with Gasteiger partial charge in [-0.3, -0.25) is 0 Å². The molecule has 0 fully saturated rings. The number of imidazole rings is 1. The molecule has 1 heterocycles. The molecular weight excluding hydrogens is 305 g/mol. The Morgan fingerprint density at radius 2 is 2.05 bits per heavy atom. The molecule has 0 aliphatic rings. The Morgan fingerprint density at radius 1 is 1.32 bits per heavy atom. The lowest BCUT2D eigenvalue weighted by molar-refractivity contribution is 0.502. The second-order valence-corrected chi connectivity index (χ2v) is 7.45. The van der Waals surface area contributed by atoms with E-state index in [1.54, 1.807) is 13.1 Å². The Balaban J connectivity index is 2.15. The fraction of sp³-hybridized carbons (Fsp3) is 0.400. The molecule has 0 spiro atoms. The van der Waals surface area contributed by atoms with Crippen LogP contribution in [0.25, 0.3) is 0 Å². The number of nitrogens with one attached hydrogen (secondary N) is 1. The molecule has 1 aromatic heterocycles. The third-order valence-corrected chi connectivity index (χ3v) is 4.49. The number of rotatable bonds is 6. The highest BCUT2D eigenvalue weighted by Gasteiger charge is 2.16. The van der Waals surface area contributed by atoms with Gasteiger partial charge >= 0.3 is 0 Å². The predicted molar refractivity (Wildman–Crippen MR) is 82.2 cm³/mol. The van der Waals surface area contributed by atoms with Crippen molar-refractivity contribution in [2.75, 3.05) is 0 Å². The SMILES string of the molecule is Cc1cc(F)cc(S(=O)(=O)NCc2nccn2CC(C)C)c1. The summed E-state index contributed by atoms with van der Waals surface area (Å²) >= 11 is 0. The van der Waals surface area contributed by atoms with E-state index in [1.165, 1.54) is 12.1 Å². The van der Waals surface area contributed by atoms with Gasteiger partial charge in [0.05, 0.1) is 11.4 Å². The first-order chi connectivity index (χ1) is 10.3. The number of aromatic nitrogens is 2. The molecule has 0 aliphatic heterocycles. The highest BCUT2D eigenvalue weighted by Crippen LogP contribution is 2.14. The Bertz CT molecular complexity index is 734. The minimum absolute atomic E-state index is 0.0671. The van der Waals surface area contributed by atoms with E-state index in [0.717, 1.165) is 12.6 Å². The van der Waals surface area contributed by atoms with Crippen molar-refractivity contribution in [2.24, 2.45) is 5.92 Å². The van der Waals surface area contributed by atoms with Crippen LogP contribution in [0.2, 0.25) is 0 Å². The first-order valence-corrected chi connectivity index (χ1v) is 8.53. The van der Waals surface area contributed by atoms with Crippen LogP contribution in [0.3, 0.4) is 0 Å². The second kappa shape index (κ2) is 6.58. The largest absolute Gasteiger partial charge is 0.334 e. The molecule has 5 nitrogen and oxygen atoms in total. The summed E-state index contributed by atoms with van der Waals surface area (Å²) in [5.74, 6) is 0.488. The molecule has 22 heavy (non-hydrogen) atoms. The van der Waals surface area contributed by atoms with Crippen LogP contribution in [0.5, 0.6) is 0 Å². The van der Waals surface area contributed by atoms with E-state index in [0.29, 0.717) is 17.3 Å². The van der Waals surface area contributed by atoms with Gasteiger partial charge < -0.3 is 4.57 Å². The van der Waals surface area contributed by atoms with Crippen LogP contribution in [0, 0.1) is 18.7 Å². The van der Waals surface area contributed by atoms with Crippen LogP contribution in [-0.2, 0) is 23.1 Å². The Morgan fingerprint density at radius 3 is 2.68 bits per heavy atom. The average Bonchev–Trinajstić information content (AvgIpc) is 2.82. The van der Waals surface area contributed by atoms with Crippen molar-refractivity contribution in [1.82, 2.24) is 14.3 Å². The standard InChI is InChI=1S/C15H20FN3O2S/c1-11(2)10-19-5-4-17-15(19)9-18-22(20,21)14-7-12(3)6-13(16)8-14/h4-8,11,18H,9-10H2,1-3H3. The molecule has 1 aromatic carbocycles. The van der Waals surface area contributed by atoms with E-state index < -0.39 is 15.8 Å². The summed E-state index contributed by atoms with van der Waals surface area (Å²) in [6.45, 7) is 6.62. The molecule has 0 radical (unpaired) electrons. The van der Waals surface area contributed by atoms with Gasteiger partial charge in [-0.1, -0.05) is 13.8 Å². The molecule has 0 bridgehead atoms. The van der Waals surface area contributed by atoms with Crippen LogP contribution in [0.15, 0.2) is 35.5 Å². The monoisotopic (exact) mass is 325 g/mol. The van der Waals surface area contributed by atoms with Gasteiger partial charge in [-0.25, -0.2) is 22.5 Å². The molecule has 7 heteroatoms. The van der Waals surface area contributed by atoms with Gasteiger partial charge in [0.15, 0.2) is 0 Å². The number of nitrogens with zero attached hydrogens (tertiary/aromatic N) is 2. The summed E-state index contributed by atoms with van der Waals surface area (Å²) in [6, 6.07) is 3.73. The van der Waals surface area contributed by atoms with Gasteiger partial charge in [0.25, 0.3) is 0 Å². The van der Waals surface area contributed by atoms with Crippen LogP contribution >= 0.6 is 0 Å². The first kappa shape index (κ1) is 16.6. The summed E-state index contributed by atoms with van der Waals surface area (Å²) in [6.07, 6.45) is 3.45. The van der Waals surface area contributed by atoms with E-state index in [2.05, 4.69) is 23.6 Å². The number of sulfonamides is 1. The summed E-state index contributed by atoms with van der Waals surface area (Å²) in [7, 11) is -3.77. The van der Waals surface area contributed by atoms with Gasteiger partial charge in [-0.2, -0.15) is 0 Å². The van der Waals surface area contributed by atoms with Crippen LogP contribution < -0.4 is 4.72 Å². The third kappa shape index (κ3) is 4.14. The number of halogens is 1. The fourth-order valence-electron chi connectivity index (χ4n) is 2.17. The summed E-state index contributed by atoms with van der Waals surface area (Å²) in [4.78, 5) is 4.09. The fourth-order valence-corrected chi connectivity index (χ4v) is 3.26. The number of aryl methyl sites for hydroxylation is 1. The maximum absolute atomic E-state index is 13.4. The second-order valence-electron chi connectivity index (χ2n) is 5.68. The number of benzene rings is 1. The molecular formula is C15H20FN3O2S. The molecule has 2 aromatic rings. The normalized spacial score (nSPS) is 12.0. The predicted octanol–water partition coefficient (Wildman–Crippen LogP) is 2.47. The lowest BCUT2D eigenvalue weighted by Crippen LogP contribution is -2.25. The van der Waals surface area contributed by atoms with E-state index in [1.807, 2.05) is 10.8 Å². The summed E-state index contributed by atoms with van der Waals surface area (Å²) in [5, 5.41) is 0. The van der Waals surface area contributed by atoms with Crippen molar-refractivity contribution in [2.45, 2.75) is 38.8 Å². The molecule has 0 unspecified atom stereocenters. The molecule has 2 rings (SSSR count). The smallest absolute Gasteiger partial charge is 0.241 e. The quantitative estimate of drug-likeness (QED) is 0.887. The molecule has 0 amide bonds. The zero-order valence-electron chi connectivity index (χ0n) is 12.9. The van der Waals surface area contributed by atoms with Crippen LogP contribution in [-0.4, -0.2) is 18.0 Å². The van der Waals surface area contributed by atoms with E-state index >= 15 is 0 Å². The van der Waals surface area contributed by atoms with Crippen molar-refractivity contribution in [3.63, 3.8) is 0 Å². The topological polar surface area (TPSA) is 64.0 Å². The third-order valence-electron chi connectivity index (χ3n) is 3.11. The Hall–Kier alpha value is -1.73. The minimum atomic E-state index is -3.77. The van der Waals surface area contributed by atoms with E-state index in [-0.39, 0.29) is 11.4 Å². The van der Waals surface area contributed by atoms with Crippen LogP contribution in [0.4, 0.5) is 4.39 Å². The van der Waals surface area contributed by atoms with Gasteiger partial charge in [-0.05, 0) is 36.6 Å². The van der Waals surface area contributed by atoms with E-state index in [9.17, 15) is 12.8 Å². The number of hydrogen-bond donors (Lipinski definition) is 1. The maximum atomic E-state index is 13.4. The Labute approximate surface area is 130 Å². The van der Waals surface area contributed by atoms with Crippen LogP contribution in [0.1, 0.15) is 25.2 Å². The molecule has 120 valence electrons. The summed E-state index contributed by atoms with van der Waals surface area (Å²) in [5.41, 5.74) is 0.557. The molecule has 0 saturated heterocycles. The van der Waals surface area contributed by atoms with Crippen molar-refractivity contribution in [3.05, 3.63) is 47.8 Å².